The van der Waals surface area contributed by atoms with Crippen LogP contribution < -0.4 is 10.3 Å². The minimum absolute atomic E-state index is 0.0559. The van der Waals surface area contributed by atoms with Gasteiger partial charge in [-0.2, -0.15) is 0 Å². The van der Waals surface area contributed by atoms with Crippen LogP contribution in [0.15, 0.2) is 63.2 Å². The van der Waals surface area contributed by atoms with Crippen LogP contribution in [-0.4, -0.2) is 27.5 Å². The number of benzene rings is 2. The fourth-order valence-corrected chi connectivity index (χ4v) is 5.35. The molecule has 1 aliphatic heterocycles. The molecule has 0 amide bonds. The third-order valence-electron chi connectivity index (χ3n) is 5.45. The highest BCUT2D eigenvalue weighted by Crippen LogP contribution is 2.47. The number of para-hydroxylation sites is 2. The maximum atomic E-state index is 13.0. The van der Waals surface area contributed by atoms with E-state index in [1.165, 1.54) is 0 Å². The molecule has 0 aliphatic carbocycles. The molecule has 166 valence electrons. The van der Waals surface area contributed by atoms with Crippen molar-refractivity contribution in [3.05, 3.63) is 74.8 Å². The fraction of sp³-hybridized carbons (Fsp3) is 0.292. The van der Waals surface area contributed by atoms with Gasteiger partial charge in [0.25, 0.3) is 5.56 Å². The zero-order valence-corrected chi connectivity index (χ0v) is 19.6. The predicted octanol–water partition coefficient (Wildman–Crippen LogP) is 5.78. The number of hydrogen-bond acceptors (Lipinski definition) is 6. The number of methoxy groups -OCH3 is 1. The molecule has 8 heteroatoms. The van der Waals surface area contributed by atoms with Crippen LogP contribution in [0.4, 0.5) is 5.69 Å². The molecule has 32 heavy (non-hydrogen) atoms. The lowest BCUT2D eigenvalue weighted by Gasteiger charge is -2.19. The molecule has 0 saturated carbocycles. The van der Waals surface area contributed by atoms with Crippen molar-refractivity contribution >= 4 is 35.4 Å². The summed E-state index contributed by atoms with van der Waals surface area (Å²) in [7, 11) is 1.65. The van der Waals surface area contributed by atoms with Gasteiger partial charge in [-0.05, 0) is 36.8 Å². The number of aromatic nitrogens is 2. The van der Waals surface area contributed by atoms with Gasteiger partial charge in [0.05, 0.1) is 18.5 Å². The van der Waals surface area contributed by atoms with Crippen molar-refractivity contribution in [1.82, 2.24) is 9.55 Å². The first-order chi connectivity index (χ1) is 15.5. The third-order valence-corrected chi connectivity index (χ3v) is 7.08. The highest BCUT2D eigenvalue weighted by Gasteiger charge is 2.28. The van der Waals surface area contributed by atoms with E-state index in [4.69, 9.17) is 21.9 Å². The standard InChI is InChI=1S/C24H25N3O3S2/c1-3-4-13-27-23(29)21(22(28)26-24(27)31)17-14-20(15-9-5-7-11-18(15)30-2)32-19-12-8-6-10-16(19)25-17/h5-12,20,29H,3-4,13-14H2,1-2H3,(H,26,28,31)/t20-/m1/s1. The van der Waals surface area contributed by atoms with Crippen LogP contribution in [-0.2, 0) is 6.54 Å². The van der Waals surface area contributed by atoms with E-state index in [0.717, 1.165) is 34.7 Å². The molecule has 1 aromatic heterocycles. The van der Waals surface area contributed by atoms with Gasteiger partial charge in [-0.1, -0.05) is 43.7 Å². The first-order valence-electron chi connectivity index (χ1n) is 10.6. The minimum atomic E-state index is -0.429. The zero-order valence-electron chi connectivity index (χ0n) is 18.0. The van der Waals surface area contributed by atoms with Crippen LogP contribution in [0, 0.1) is 4.77 Å². The van der Waals surface area contributed by atoms with E-state index in [-0.39, 0.29) is 21.5 Å². The van der Waals surface area contributed by atoms with E-state index >= 15 is 0 Å². The van der Waals surface area contributed by atoms with Crippen LogP contribution in [0.1, 0.15) is 42.6 Å². The van der Waals surface area contributed by atoms with E-state index in [1.807, 2.05) is 48.5 Å². The quantitative estimate of drug-likeness (QED) is 0.449. The second-order valence-electron chi connectivity index (χ2n) is 7.54. The number of aromatic amines is 1. The van der Waals surface area contributed by atoms with Crippen LogP contribution in [0.25, 0.3) is 0 Å². The first-order valence-corrected chi connectivity index (χ1v) is 11.8. The summed E-state index contributed by atoms with van der Waals surface area (Å²) in [6, 6.07) is 15.7. The Hall–Kier alpha value is -2.84. The first kappa shape index (κ1) is 22.4. The number of H-pyrrole nitrogens is 1. The van der Waals surface area contributed by atoms with Gasteiger partial charge < -0.3 is 9.84 Å². The maximum absolute atomic E-state index is 13.0. The number of nitrogens with zero attached hydrogens (tertiary/aromatic N) is 2. The predicted molar refractivity (Wildman–Crippen MR) is 131 cm³/mol. The summed E-state index contributed by atoms with van der Waals surface area (Å²) in [5.41, 5.74) is 2.05. The number of rotatable bonds is 6. The molecular weight excluding hydrogens is 442 g/mol. The van der Waals surface area contributed by atoms with E-state index < -0.39 is 5.56 Å². The summed E-state index contributed by atoms with van der Waals surface area (Å²) in [4.78, 5) is 21.5. The van der Waals surface area contributed by atoms with E-state index in [9.17, 15) is 9.90 Å². The molecule has 0 saturated heterocycles. The van der Waals surface area contributed by atoms with Crippen LogP contribution in [0.2, 0.25) is 0 Å². The monoisotopic (exact) mass is 467 g/mol. The summed E-state index contributed by atoms with van der Waals surface area (Å²) < 4.78 is 7.41. The second-order valence-corrected chi connectivity index (χ2v) is 9.17. The number of unbranched alkanes of at least 4 members (excludes halogenated alkanes) is 1. The van der Waals surface area contributed by atoms with Crippen molar-refractivity contribution in [2.24, 2.45) is 4.99 Å². The lowest BCUT2D eigenvalue weighted by atomic mass is 10.0. The number of ether oxygens (including phenoxy) is 1. The molecule has 0 radical (unpaired) electrons. The van der Waals surface area contributed by atoms with Crippen molar-refractivity contribution in [1.29, 1.82) is 0 Å². The normalized spacial score (nSPS) is 15.6. The van der Waals surface area contributed by atoms with Gasteiger partial charge in [0.15, 0.2) is 4.77 Å². The van der Waals surface area contributed by atoms with Gasteiger partial charge in [0.2, 0.25) is 5.88 Å². The van der Waals surface area contributed by atoms with Gasteiger partial charge in [0.1, 0.15) is 11.3 Å². The number of nitrogens with one attached hydrogen (secondary N) is 1. The molecule has 0 fully saturated rings. The Labute approximate surface area is 196 Å². The summed E-state index contributed by atoms with van der Waals surface area (Å²) >= 11 is 6.99. The number of fused-ring (bicyclic) bond motifs is 1. The average Bonchev–Trinajstić information content (AvgIpc) is 2.98. The third kappa shape index (κ3) is 4.38. The van der Waals surface area contributed by atoms with Gasteiger partial charge in [-0.15, -0.1) is 11.8 Å². The lowest BCUT2D eigenvalue weighted by Crippen LogP contribution is -2.24. The minimum Gasteiger partial charge on any atom is -0.496 e. The zero-order chi connectivity index (χ0) is 22.7. The Balaban J connectivity index is 1.89. The fourth-order valence-electron chi connectivity index (χ4n) is 3.82. The molecule has 0 bridgehead atoms. The Morgan fingerprint density at radius 3 is 2.78 bits per heavy atom. The number of thioether (sulfide) groups is 1. The Bertz CT molecular complexity index is 1280. The number of aliphatic imine (C=N–C) groups is 1. The summed E-state index contributed by atoms with van der Waals surface area (Å²) in [6.45, 7) is 2.59. The maximum Gasteiger partial charge on any atom is 0.264 e. The Morgan fingerprint density at radius 1 is 1.25 bits per heavy atom. The average molecular weight is 468 g/mol. The highest BCUT2D eigenvalue weighted by atomic mass is 32.2. The van der Waals surface area contributed by atoms with Gasteiger partial charge in [-0.25, -0.2) is 0 Å². The van der Waals surface area contributed by atoms with Crippen molar-refractivity contribution < 1.29 is 9.84 Å². The van der Waals surface area contributed by atoms with E-state index in [0.29, 0.717) is 18.7 Å². The molecule has 0 unspecified atom stereocenters. The summed E-state index contributed by atoms with van der Waals surface area (Å²) in [5, 5.41) is 11.0. The molecule has 2 N–H and O–H groups in total. The lowest BCUT2D eigenvalue weighted by molar-refractivity contribution is 0.398. The van der Waals surface area contributed by atoms with Crippen LogP contribution in [0.5, 0.6) is 11.6 Å². The van der Waals surface area contributed by atoms with Crippen molar-refractivity contribution in [3.8, 4) is 11.6 Å². The molecule has 3 aromatic rings. The van der Waals surface area contributed by atoms with Crippen LogP contribution in [0.3, 0.4) is 0 Å². The number of hydrogen-bond donors (Lipinski definition) is 2. The van der Waals surface area contributed by atoms with Gasteiger partial charge in [-0.3, -0.25) is 19.3 Å². The highest BCUT2D eigenvalue weighted by molar-refractivity contribution is 7.99. The molecule has 0 spiro atoms. The SMILES string of the molecule is CCCCn1c(O)c(C2=Nc3ccccc3S[C@@H](c3ccccc3OC)C2)c(=O)[nH]c1=S. The van der Waals surface area contributed by atoms with E-state index in [1.54, 1.807) is 23.4 Å². The molecule has 4 rings (SSSR count). The van der Waals surface area contributed by atoms with Crippen molar-refractivity contribution in [3.63, 3.8) is 0 Å². The number of aromatic hydroxyl groups is 1. The second kappa shape index (κ2) is 9.75. The van der Waals surface area contributed by atoms with Gasteiger partial charge >= 0.3 is 0 Å². The molecular formula is C24H25N3O3S2. The topological polar surface area (TPSA) is 79.6 Å². The van der Waals surface area contributed by atoms with E-state index in [2.05, 4.69) is 11.9 Å². The molecule has 6 nitrogen and oxygen atoms in total. The van der Waals surface area contributed by atoms with Crippen molar-refractivity contribution in [2.45, 2.75) is 42.9 Å². The molecule has 1 aliphatic rings. The largest absolute Gasteiger partial charge is 0.496 e. The molecule has 2 aromatic carbocycles. The van der Waals surface area contributed by atoms with Crippen LogP contribution >= 0.6 is 24.0 Å². The molecule has 2 heterocycles. The summed E-state index contributed by atoms with van der Waals surface area (Å²) in [5.74, 6) is 0.648. The smallest absolute Gasteiger partial charge is 0.264 e. The van der Waals surface area contributed by atoms with Crippen molar-refractivity contribution in [2.75, 3.05) is 7.11 Å². The Morgan fingerprint density at radius 2 is 2.00 bits per heavy atom. The van der Waals surface area contributed by atoms with Gasteiger partial charge in [0, 0.05) is 28.7 Å². The summed E-state index contributed by atoms with van der Waals surface area (Å²) in [6.07, 6.45) is 2.22. The molecule has 1 atom stereocenters. The Kier molecular flexibility index (Phi) is 6.81.